The molecular weight excluding hydrogens is 310 g/mol. The molecule has 7 nitrogen and oxygen atoms in total. The van der Waals surface area contributed by atoms with Crippen LogP contribution in [0.5, 0.6) is 11.5 Å². The predicted octanol–water partition coefficient (Wildman–Crippen LogP) is 2.34. The smallest absolute Gasteiger partial charge is 0.272 e. The number of furan rings is 1. The number of aryl methyl sites for hydroxylation is 1. The Bertz CT molecular complexity index is 883. The van der Waals surface area contributed by atoms with E-state index in [0.29, 0.717) is 23.7 Å². The van der Waals surface area contributed by atoms with Gasteiger partial charge >= 0.3 is 0 Å². The van der Waals surface area contributed by atoms with Gasteiger partial charge in [0.1, 0.15) is 5.76 Å². The van der Waals surface area contributed by atoms with E-state index >= 15 is 0 Å². The van der Waals surface area contributed by atoms with Gasteiger partial charge in [-0.15, -0.1) is 0 Å². The van der Waals surface area contributed by atoms with E-state index in [2.05, 4.69) is 10.4 Å². The number of carbonyl (C=O) groups is 1. The predicted molar refractivity (Wildman–Crippen MR) is 84.6 cm³/mol. The summed E-state index contributed by atoms with van der Waals surface area (Å²) in [7, 11) is 1.79. The van der Waals surface area contributed by atoms with Gasteiger partial charge in [0.05, 0.1) is 18.5 Å². The van der Waals surface area contributed by atoms with Crippen molar-refractivity contribution in [1.29, 1.82) is 0 Å². The number of aromatic nitrogens is 2. The third-order valence-electron chi connectivity index (χ3n) is 3.78. The van der Waals surface area contributed by atoms with Gasteiger partial charge in [-0.2, -0.15) is 5.10 Å². The highest BCUT2D eigenvalue weighted by atomic mass is 16.7. The van der Waals surface area contributed by atoms with Gasteiger partial charge in [0.2, 0.25) is 6.79 Å². The number of rotatable bonds is 4. The van der Waals surface area contributed by atoms with Gasteiger partial charge in [0.25, 0.3) is 5.91 Å². The number of benzene rings is 1. The number of ether oxygens (including phenoxy) is 2. The Labute approximate surface area is 137 Å². The zero-order chi connectivity index (χ0) is 16.5. The van der Waals surface area contributed by atoms with Crippen molar-refractivity contribution in [2.24, 2.45) is 7.05 Å². The van der Waals surface area contributed by atoms with Gasteiger partial charge in [-0.05, 0) is 36.4 Å². The molecule has 0 aliphatic carbocycles. The molecule has 122 valence electrons. The molecule has 1 aromatic carbocycles. The van der Waals surface area contributed by atoms with E-state index in [4.69, 9.17) is 13.9 Å². The van der Waals surface area contributed by atoms with Crippen molar-refractivity contribution in [3.63, 3.8) is 0 Å². The van der Waals surface area contributed by atoms with Gasteiger partial charge in [-0.3, -0.25) is 9.48 Å². The molecular formula is C17H15N3O4. The number of nitrogens with zero attached hydrogens (tertiary/aromatic N) is 2. The quantitative estimate of drug-likeness (QED) is 0.796. The Hall–Kier alpha value is -3.22. The lowest BCUT2D eigenvalue weighted by molar-refractivity contribution is 0.0942. The van der Waals surface area contributed by atoms with E-state index in [-0.39, 0.29) is 12.7 Å². The summed E-state index contributed by atoms with van der Waals surface area (Å²) in [6, 6.07) is 11.0. The van der Waals surface area contributed by atoms with Crippen molar-refractivity contribution in [1.82, 2.24) is 15.1 Å². The molecule has 24 heavy (non-hydrogen) atoms. The second kappa shape index (κ2) is 5.77. The fourth-order valence-electron chi connectivity index (χ4n) is 2.58. The molecule has 0 unspecified atom stereocenters. The molecule has 7 heteroatoms. The maximum atomic E-state index is 12.3. The van der Waals surface area contributed by atoms with Crippen LogP contribution in [-0.2, 0) is 13.6 Å². The molecule has 0 spiro atoms. The van der Waals surface area contributed by atoms with E-state index in [1.54, 1.807) is 36.2 Å². The number of hydrogen-bond acceptors (Lipinski definition) is 5. The summed E-state index contributed by atoms with van der Waals surface area (Å²) in [6.45, 7) is 0.548. The Morgan fingerprint density at radius 1 is 1.25 bits per heavy atom. The second-order valence-corrected chi connectivity index (χ2v) is 5.37. The number of fused-ring (bicyclic) bond motifs is 1. The fraction of sp³-hybridized carbons (Fsp3) is 0.176. The molecule has 0 atom stereocenters. The molecule has 1 N–H and O–H groups in total. The first-order valence-corrected chi connectivity index (χ1v) is 7.45. The third-order valence-corrected chi connectivity index (χ3v) is 3.78. The maximum Gasteiger partial charge on any atom is 0.272 e. The Balaban J connectivity index is 1.54. The Morgan fingerprint density at radius 3 is 2.96 bits per heavy atom. The van der Waals surface area contributed by atoms with Crippen LogP contribution in [-0.4, -0.2) is 22.5 Å². The lowest BCUT2D eigenvalue weighted by Crippen LogP contribution is -2.23. The summed E-state index contributed by atoms with van der Waals surface area (Å²) < 4.78 is 17.6. The zero-order valence-corrected chi connectivity index (χ0v) is 13.0. The minimum absolute atomic E-state index is 0.227. The summed E-state index contributed by atoms with van der Waals surface area (Å²) in [6.07, 6.45) is 1.57. The van der Waals surface area contributed by atoms with E-state index in [1.807, 2.05) is 18.2 Å². The van der Waals surface area contributed by atoms with Gasteiger partial charge in [-0.1, -0.05) is 0 Å². The van der Waals surface area contributed by atoms with E-state index < -0.39 is 0 Å². The van der Waals surface area contributed by atoms with Crippen LogP contribution >= 0.6 is 0 Å². The summed E-state index contributed by atoms with van der Waals surface area (Å²) in [5, 5.41) is 7.06. The highest BCUT2D eigenvalue weighted by Crippen LogP contribution is 2.35. The van der Waals surface area contributed by atoms with Crippen LogP contribution in [0.2, 0.25) is 0 Å². The van der Waals surface area contributed by atoms with Crippen molar-refractivity contribution < 1.29 is 18.7 Å². The summed E-state index contributed by atoms with van der Waals surface area (Å²) in [5.41, 5.74) is 2.06. The van der Waals surface area contributed by atoms with Crippen LogP contribution in [0.3, 0.4) is 0 Å². The second-order valence-electron chi connectivity index (χ2n) is 5.37. The first-order valence-electron chi connectivity index (χ1n) is 7.45. The number of nitrogens with one attached hydrogen (secondary N) is 1. The number of hydrogen-bond donors (Lipinski definition) is 1. The van der Waals surface area contributed by atoms with Crippen LogP contribution in [0.1, 0.15) is 16.2 Å². The van der Waals surface area contributed by atoms with Crippen molar-refractivity contribution in [3.8, 4) is 22.8 Å². The average Bonchev–Trinajstić information content (AvgIpc) is 3.32. The largest absolute Gasteiger partial charge is 0.467 e. The Morgan fingerprint density at radius 2 is 2.12 bits per heavy atom. The summed E-state index contributed by atoms with van der Waals surface area (Å²) >= 11 is 0. The van der Waals surface area contributed by atoms with Crippen molar-refractivity contribution in [2.45, 2.75) is 6.54 Å². The highest BCUT2D eigenvalue weighted by molar-refractivity contribution is 5.93. The van der Waals surface area contributed by atoms with E-state index in [1.165, 1.54) is 0 Å². The first-order chi connectivity index (χ1) is 11.7. The van der Waals surface area contributed by atoms with Gasteiger partial charge < -0.3 is 19.2 Å². The SMILES string of the molecule is Cn1nc(C(=O)NCc2ccco2)cc1-c1ccc2c(c1)OCO2. The molecule has 1 aliphatic heterocycles. The van der Waals surface area contributed by atoms with Gasteiger partial charge in [0, 0.05) is 12.6 Å². The van der Waals surface area contributed by atoms with Crippen LogP contribution < -0.4 is 14.8 Å². The van der Waals surface area contributed by atoms with Crippen LogP contribution in [0, 0.1) is 0 Å². The topological polar surface area (TPSA) is 78.5 Å². The van der Waals surface area contributed by atoms with Gasteiger partial charge in [-0.25, -0.2) is 0 Å². The molecule has 0 fully saturated rings. The molecule has 0 bridgehead atoms. The van der Waals surface area contributed by atoms with Crippen LogP contribution in [0.25, 0.3) is 11.3 Å². The third kappa shape index (κ3) is 2.60. The molecule has 0 radical (unpaired) electrons. The van der Waals surface area contributed by atoms with Crippen molar-refractivity contribution in [3.05, 3.63) is 54.1 Å². The summed E-state index contributed by atoms with van der Waals surface area (Å²) in [4.78, 5) is 12.3. The van der Waals surface area contributed by atoms with Crippen molar-refractivity contribution >= 4 is 5.91 Å². The first kappa shape index (κ1) is 14.4. The number of amides is 1. The van der Waals surface area contributed by atoms with Crippen molar-refractivity contribution in [2.75, 3.05) is 6.79 Å². The minimum atomic E-state index is -0.256. The monoisotopic (exact) mass is 325 g/mol. The molecule has 1 amide bonds. The zero-order valence-electron chi connectivity index (χ0n) is 13.0. The molecule has 0 saturated heterocycles. The average molecular weight is 325 g/mol. The molecule has 3 heterocycles. The Kier molecular flexibility index (Phi) is 3.45. The normalized spacial score (nSPS) is 12.4. The molecule has 4 rings (SSSR count). The van der Waals surface area contributed by atoms with Crippen LogP contribution in [0.4, 0.5) is 0 Å². The highest BCUT2D eigenvalue weighted by Gasteiger charge is 2.18. The molecule has 2 aromatic heterocycles. The minimum Gasteiger partial charge on any atom is -0.467 e. The standard InChI is InChI=1S/C17H15N3O4/c1-20-14(11-4-5-15-16(7-11)24-10-23-15)8-13(19-20)17(21)18-9-12-3-2-6-22-12/h2-8H,9-10H2,1H3,(H,18,21). The van der Waals surface area contributed by atoms with E-state index in [9.17, 15) is 4.79 Å². The van der Waals surface area contributed by atoms with E-state index in [0.717, 1.165) is 17.0 Å². The van der Waals surface area contributed by atoms with Crippen LogP contribution in [0.15, 0.2) is 47.1 Å². The lowest BCUT2D eigenvalue weighted by Gasteiger charge is -2.03. The van der Waals surface area contributed by atoms with Gasteiger partial charge in [0.15, 0.2) is 17.2 Å². The fourth-order valence-corrected chi connectivity index (χ4v) is 2.58. The molecule has 0 saturated carbocycles. The lowest BCUT2D eigenvalue weighted by atomic mass is 10.1. The maximum absolute atomic E-state index is 12.3. The summed E-state index contributed by atoms with van der Waals surface area (Å²) in [5.74, 6) is 1.85. The molecule has 3 aromatic rings. The molecule has 1 aliphatic rings. The number of carbonyl (C=O) groups excluding carboxylic acids is 1.